The van der Waals surface area contributed by atoms with Crippen LogP contribution in [0.1, 0.15) is 23.6 Å². The van der Waals surface area contributed by atoms with Crippen molar-refractivity contribution < 1.29 is 4.79 Å². The van der Waals surface area contributed by atoms with E-state index in [1.807, 2.05) is 17.0 Å². The molecule has 0 bridgehead atoms. The second kappa shape index (κ2) is 3.57. The molecule has 1 aromatic carbocycles. The van der Waals surface area contributed by atoms with Crippen molar-refractivity contribution in [3.8, 4) is 0 Å². The number of nitrogen functional groups attached to an aromatic ring is 1. The molecular weight excluding hydrogens is 188 g/mol. The lowest BCUT2D eigenvalue weighted by Gasteiger charge is -2.29. The summed E-state index contributed by atoms with van der Waals surface area (Å²) in [5.41, 5.74) is 10.5. The van der Waals surface area contributed by atoms with Gasteiger partial charge in [0, 0.05) is 25.7 Å². The topological polar surface area (TPSA) is 46.3 Å². The molecule has 0 spiro atoms. The molecule has 1 aliphatic heterocycles. The Morgan fingerprint density at radius 1 is 1.40 bits per heavy atom. The summed E-state index contributed by atoms with van der Waals surface area (Å²) >= 11 is 0. The van der Waals surface area contributed by atoms with Crippen molar-refractivity contribution in [1.82, 2.24) is 4.90 Å². The second-order valence-corrected chi connectivity index (χ2v) is 4.12. The molecule has 2 N–H and O–H groups in total. The molecule has 0 fully saturated rings. The molecule has 80 valence electrons. The Morgan fingerprint density at radius 3 is 2.80 bits per heavy atom. The van der Waals surface area contributed by atoms with Gasteiger partial charge in [0.15, 0.2) is 0 Å². The van der Waals surface area contributed by atoms with Gasteiger partial charge in [-0.1, -0.05) is 6.07 Å². The van der Waals surface area contributed by atoms with Crippen molar-refractivity contribution in [2.24, 2.45) is 0 Å². The third kappa shape index (κ3) is 1.69. The van der Waals surface area contributed by atoms with Gasteiger partial charge in [-0.2, -0.15) is 0 Å². The normalized spacial score (nSPS) is 14.9. The van der Waals surface area contributed by atoms with Gasteiger partial charge >= 0.3 is 0 Å². The first-order chi connectivity index (χ1) is 7.09. The first-order valence-corrected chi connectivity index (χ1v) is 5.22. The van der Waals surface area contributed by atoms with Gasteiger partial charge in [0.25, 0.3) is 0 Å². The summed E-state index contributed by atoms with van der Waals surface area (Å²) in [6.07, 6.45) is 0.877. The Labute approximate surface area is 89.9 Å². The minimum Gasteiger partial charge on any atom is -0.398 e. The van der Waals surface area contributed by atoms with Gasteiger partial charge in [0.1, 0.15) is 0 Å². The van der Waals surface area contributed by atoms with E-state index in [4.69, 9.17) is 5.73 Å². The first-order valence-electron chi connectivity index (χ1n) is 5.22. The molecule has 1 heterocycles. The molecule has 0 unspecified atom stereocenters. The van der Waals surface area contributed by atoms with Gasteiger partial charge in [-0.25, -0.2) is 0 Å². The number of rotatable bonds is 0. The third-order valence-corrected chi connectivity index (χ3v) is 3.13. The zero-order chi connectivity index (χ0) is 11.0. The summed E-state index contributed by atoms with van der Waals surface area (Å²) in [4.78, 5) is 13.2. The predicted molar refractivity (Wildman–Crippen MR) is 60.4 cm³/mol. The maximum atomic E-state index is 11.3. The molecule has 3 nitrogen and oxygen atoms in total. The summed E-state index contributed by atoms with van der Waals surface area (Å²) < 4.78 is 0. The number of benzene rings is 1. The number of nitrogens with two attached hydrogens (primary N) is 1. The predicted octanol–water partition coefficient (Wildman–Crippen LogP) is 1.48. The summed E-state index contributed by atoms with van der Waals surface area (Å²) in [5.74, 6) is 0.141. The molecular formula is C12H16N2O. The van der Waals surface area contributed by atoms with E-state index < -0.39 is 0 Å². The van der Waals surface area contributed by atoms with E-state index in [0.29, 0.717) is 6.54 Å². The Balaban J connectivity index is 2.41. The average molecular weight is 204 g/mol. The number of anilines is 1. The molecule has 0 aromatic heterocycles. The van der Waals surface area contributed by atoms with E-state index in [1.165, 1.54) is 16.7 Å². The second-order valence-electron chi connectivity index (χ2n) is 4.12. The van der Waals surface area contributed by atoms with Crippen LogP contribution in [-0.2, 0) is 17.8 Å². The van der Waals surface area contributed by atoms with E-state index in [0.717, 1.165) is 18.7 Å². The van der Waals surface area contributed by atoms with Gasteiger partial charge in [-0.15, -0.1) is 0 Å². The zero-order valence-electron chi connectivity index (χ0n) is 9.21. The lowest BCUT2D eigenvalue weighted by molar-refractivity contribution is -0.129. The fraction of sp³-hybridized carbons (Fsp3) is 0.417. The van der Waals surface area contributed by atoms with Crippen LogP contribution >= 0.6 is 0 Å². The van der Waals surface area contributed by atoms with Gasteiger partial charge in [0.2, 0.25) is 5.91 Å². The number of amides is 1. The van der Waals surface area contributed by atoms with E-state index >= 15 is 0 Å². The van der Waals surface area contributed by atoms with E-state index in [2.05, 4.69) is 6.92 Å². The number of carbonyl (C=O) groups excluding carboxylic acids is 1. The Kier molecular flexibility index (Phi) is 2.39. The molecule has 0 saturated heterocycles. The van der Waals surface area contributed by atoms with Crippen molar-refractivity contribution in [2.45, 2.75) is 26.8 Å². The minimum absolute atomic E-state index is 0.141. The monoisotopic (exact) mass is 204 g/mol. The van der Waals surface area contributed by atoms with E-state index in [9.17, 15) is 4.79 Å². The number of hydrogen-bond donors (Lipinski definition) is 1. The fourth-order valence-corrected chi connectivity index (χ4v) is 2.13. The van der Waals surface area contributed by atoms with Gasteiger partial charge in [-0.3, -0.25) is 4.79 Å². The van der Waals surface area contributed by atoms with Crippen LogP contribution in [-0.4, -0.2) is 17.4 Å². The molecule has 3 heteroatoms. The van der Waals surface area contributed by atoms with Crippen LogP contribution < -0.4 is 5.73 Å². The Bertz CT molecular complexity index is 412. The highest BCUT2D eigenvalue weighted by molar-refractivity contribution is 5.74. The van der Waals surface area contributed by atoms with Crippen molar-refractivity contribution in [2.75, 3.05) is 12.3 Å². The van der Waals surface area contributed by atoms with Gasteiger partial charge < -0.3 is 10.6 Å². The molecule has 0 aliphatic carbocycles. The highest BCUT2D eigenvalue weighted by Crippen LogP contribution is 2.26. The number of hydrogen-bond acceptors (Lipinski definition) is 2. The Hall–Kier alpha value is -1.51. The molecule has 0 radical (unpaired) electrons. The Morgan fingerprint density at radius 2 is 2.13 bits per heavy atom. The lowest BCUT2D eigenvalue weighted by Crippen LogP contribution is -2.35. The molecule has 1 amide bonds. The molecule has 0 saturated carbocycles. The molecule has 1 aromatic rings. The van der Waals surface area contributed by atoms with E-state index in [-0.39, 0.29) is 5.91 Å². The van der Waals surface area contributed by atoms with Crippen LogP contribution in [0.25, 0.3) is 0 Å². The maximum absolute atomic E-state index is 11.3. The average Bonchev–Trinajstić information content (AvgIpc) is 2.23. The summed E-state index contributed by atoms with van der Waals surface area (Å²) in [6.45, 7) is 5.19. The third-order valence-electron chi connectivity index (χ3n) is 3.13. The summed E-state index contributed by atoms with van der Waals surface area (Å²) in [5, 5.41) is 0. The number of carbonyl (C=O) groups is 1. The minimum atomic E-state index is 0.141. The highest BCUT2D eigenvalue weighted by Gasteiger charge is 2.20. The van der Waals surface area contributed by atoms with Crippen LogP contribution in [0.4, 0.5) is 5.69 Å². The number of aryl methyl sites for hydroxylation is 1. The van der Waals surface area contributed by atoms with Crippen molar-refractivity contribution in [1.29, 1.82) is 0 Å². The van der Waals surface area contributed by atoms with E-state index in [1.54, 1.807) is 6.92 Å². The smallest absolute Gasteiger partial charge is 0.219 e. The van der Waals surface area contributed by atoms with Gasteiger partial charge in [0.05, 0.1) is 0 Å². The molecule has 1 aliphatic rings. The van der Waals surface area contributed by atoms with Crippen molar-refractivity contribution in [3.05, 3.63) is 28.8 Å². The molecule has 15 heavy (non-hydrogen) atoms. The summed E-state index contributed by atoms with van der Waals surface area (Å²) in [7, 11) is 0. The van der Waals surface area contributed by atoms with Crippen LogP contribution in [0.15, 0.2) is 12.1 Å². The maximum Gasteiger partial charge on any atom is 0.219 e. The fourth-order valence-electron chi connectivity index (χ4n) is 2.13. The first kappa shape index (κ1) is 10.0. The summed E-state index contributed by atoms with van der Waals surface area (Å²) in [6, 6.07) is 3.98. The van der Waals surface area contributed by atoms with Crippen molar-refractivity contribution >= 4 is 11.6 Å². The van der Waals surface area contributed by atoms with Crippen LogP contribution in [0.5, 0.6) is 0 Å². The number of fused-ring (bicyclic) bond motifs is 1. The highest BCUT2D eigenvalue weighted by atomic mass is 16.2. The zero-order valence-corrected chi connectivity index (χ0v) is 9.21. The SMILES string of the molecule is CC(=O)N1CCc2c(N)ccc(C)c2C1. The lowest BCUT2D eigenvalue weighted by atomic mass is 9.94. The number of nitrogens with zero attached hydrogens (tertiary/aromatic N) is 1. The molecule has 0 atom stereocenters. The van der Waals surface area contributed by atoms with Crippen LogP contribution in [0, 0.1) is 6.92 Å². The van der Waals surface area contributed by atoms with Crippen LogP contribution in [0.3, 0.4) is 0 Å². The van der Waals surface area contributed by atoms with Crippen LogP contribution in [0.2, 0.25) is 0 Å². The van der Waals surface area contributed by atoms with Gasteiger partial charge in [-0.05, 0) is 36.1 Å². The van der Waals surface area contributed by atoms with Crippen molar-refractivity contribution in [3.63, 3.8) is 0 Å². The standard InChI is InChI=1S/C12H16N2O/c1-8-3-4-12(13)10-5-6-14(9(2)15)7-11(8)10/h3-4H,5-7,13H2,1-2H3. The quantitative estimate of drug-likeness (QED) is 0.651. The largest absolute Gasteiger partial charge is 0.398 e. The molecule has 2 rings (SSSR count).